The maximum absolute atomic E-state index is 13.6. The Morgan fingerprint density at radius 2 is 2.09 bits per heavy atom. The Hall–Kier alpha value is -1.65. The molecule has 3 nitrogen and oxygen atoms in total. The van der Waals surface area contributed by atoms with Crippen molar-refractivity contribution >= 4 is 11.6 Å². The summed E-state index contributed by atoms with van der Waals surface area (Å²) in [4.78, 5) is 12.6. The van der Waals surface area contributed by atoms with Crippen LogP contribution in [0.2, 0.25) is 5.02 Å². The zero-order valence-electron chi connectivity index (χ0n) is 12.9. The molecule has 1 aromatic carbocycles. The van der Waals surface area contributed by atoms with Crippen LogP contribution in [0.4, 0.5) is 4.39 Å². The summed E-state index contributed by atoms with van der Waals surface area (Å²) in [5.41, 5.74) is 3.10. The first-order valence-corrected chi connectivity index (χ1v) is 8.32. The topological polar surface area (TPSA) is 34.0 Å². The van der Waals surface area contributed by atoms with Crippen molar-refractivity contribution in [2.45, 2.75) is 25.8 Å². The van der Waals surface area contributed by atoms with E-state index in [4.69, 9.17) is 11.6 Å². The van der Waals surface area contributed by atoms with Crippen molar-refractivity contribution in [3.8, 4) is 11.1 Å². The summed E-state index contributed by atoms with van der Waals surface area (Å²) < 4.78 is 15.5. The van der Waals surface area contributed by atoms with Gasteiger partial charge in [-0.05, 0) is 55.1 Å². The first kappa shape index (κ1) is 14.9. The van der Waals surface area contributed by atoms with E-state index in [-0.39, 0.29) is 11.4 Å². The molecule has 2 atom stereocenters. The molecule has 0 spiro atoms. The number of fused-ring (bicyclic) bond motifs is 4. The maximum atomic E-state index is 13.6. The number of hydrogen-bond acceptors (Lipinski definition) is 2. The highest BCUT2D eigenvalue weighted by molar-refractivity contribution is 6.33. The molecule has 2 bridgehead atoms. The summed E-state index contributed by atoms with van der Waals surface area (Å²) >= 11 is 6.21. The number of pyridine rings is 1. The molecule has 2 aliphatic rings. The smallest absolute Gasteiger partial charge is 0.251 e. The van der Waals surface area contributed by atoms with Crippen molar-refractivity contribution < 1.29 is 4.39 Å². The minimum absolute atomic E-state index is 0.00662. The van der Waals surface area contributed by atoms with Gasteiger partial charge in [-0.3, -0.25) is 4.79 Å². The second-order valence-electron chi connectivity index (χ2n) is 6.66. The molecule has 0 aliphatic carbocycles. The normalized spacial score (nSPS) is 22.7. The van der Waals surface area contributed by atoms with Gasteiger partial charge < -0.3 is 9.88 Å². The Bertz CT molecular complexity index is 846. The Morgan fingerprint density at radius 1 is 1.26 bits per heavy atom. The predicted molar refractivity (Wildman–Crippen MR) is 89.6 cm³/mol. The third-order valence-corrected chi connectivity index (χ3v) is 5.33. The summed E-state index contributed by atoms with van der Waals surface area (Å²) in [5.74, 6) is 0.560. The highest BCUT2D eigenvalue weighted by Crippen LogP contribution is 2.35. The predicted octanol–water partition coefficient (Wildman–Crippen LogP) is 3.32. The van der Waals surface area contributed by atoms with E-state index >= 15 is 0 Å². The van der Waals surface area contributed by atoms with Crippen molar-refractivity contribution in [1.29, 1.82) is 0 Å². The van der Waals surface area contributed by atoms with Crippen molar-refractivity contribution in [2.75, 3.05) is 13.1 Å². The number of aromatic nitrogens is 1. The van der Waals surface area contributed by atoms with E-state index in [1.54, 1.807) is 19.1 Å². The minimum atomic E-state index is -0.326. The summed E-state index contributed by atoms with van der Waals surface area (Å²) in [7, 11) is 0. The average molecular weight is 333 g/mol. The minimum Gasteiger partial charge on any atom is -0.316 e. The van der Waals surface area contributed by atoms with Crippen molar-refractivity contribution in [3.05, 3.63) is 56.7 Å². The molecule has 2 aliphatic heterocycles. The van der Waals surface area contributed by atoms with Crippen LogP contribution in [0, 0.1) is 18.7 Å². The molecule has 0 unspecified atom stereocenters. The number of aryl methyl sites for hydroxylation is 1. The SMILES string of the molecule is Cc1cc(-c2cc3n(c(=O)c2)C[C@@H]2CNC[C@H]3C2)c(Cl)cc1F. The summed E-state index contributed by atoms with van der Waals surface area (Å²) in [5, 5.41) is 3.78. The van der Waals surface area contributed by atoms with Gasteiger partial charge in [0.1, 0.15) is 5.82 Å². The molecular weight excluding hydrogens is 315 g/mol. The van der Waals surface area contributed by atoms with E-state index in [2.05, 4.69) is 5.32 Å². The van der Waals surface area contributed by atoms with Gasteiger partial charge in [0.15, 0.2) is 0 Å². The lowest BCUT2D eigenvalue weighted by Crippen LogP contribution is -2.44. The van der Waals surface area contributed by atoms with E-state index in [9.17, 15) is 9.18 Å². The Morgan fingerprint density at radius 3 is 2.91 bits per heavy atom. The van der Waals surface area contributed by atoms with Gasteiger partial charge in [0.2, 0.25) is 0 Å². The van der Waals surface area contributed by atoms with E-state index in [1.807, 2.05) is 10.6 Å². The van der Waals surface area contributed by atoms with Crippen LogP contribution in [0.15, 0.2) is 29.1 Å². The van der Waals surface area contributed by atoms with Gasteiger partial charge in [-0.25, -0.2) is 4.39 Å². The summed E-state index contributed by atoms with van der Waals surface area (Å²) in [6.07, 6.45) is 1.12. The molecule has 4 rings (SSSR count). The number of piperidine rings is 1. The third-order valence-electron chi connectivity index (χ3n) is 5.02. The molecule has 0 radical (unpaired) electrons. The first-order valence-electron chi connectivity index (χ1n) is 7.94. The fourth-order valence-electron chi connectivity index (χ4n) is 3.84. The van der Waals surface area contributed by atoms with Crippen LogP contribution in [0.3, 0.4) is 0 Å². The highest BCUT2D eigenvalue weighted by Gasteiger charge is 2.31. The fraction of sp³-hybridized carbons (Fsp3) is 0.389. The van der Waals surface area contributed by atoms with E-state index in [0.29, 0.717) is 22.4 Å². The molecule has 3 heterocycles. The van der Waals surface area contributed by atoms with Gasteiger partial charge in [-0.1, -0.05) is 11.6 Å². The quantitative estimate of drug-likeness (QED) is 0.869. The molecular formula is C18H18ClFN2O. The van der Waals surface area contributed by atoms with Crippen LogP contribution < -0.4 is 10.9 Å². The Balaban J connectivity index is 1.88. The molecule has 23 heavy (non-hydrogen) atoms. The number of benzene rings is 1. The van der Waals surface area contributed by atoms with Gasteiger partial charge in [0.25, 0.3) is 5.56 Å². The lowest BCUT2D eigenvalue weighted by molar-refractivity contribution is 0.257. The van der Waals surface area contributed by atoms with Crippen LogP contribution in [0.25, 0.3) is 11.1 Å². The van der Waals surface area contributed by atoms with Gasteiger partial charge in [-0.2, -0.15) is 0 Å². The zero-order valence-corrected chi connectivity index (χ0v) is 13.7. The maximum Gasteiger partial charge on any atom is 0.251 e. The highest BCUT2D eigenvalue weighted by atomic mass is 35.5. The van der Waals surface area contributed by atoms with Gasteiger partial charge in [0, 0.05) is 36.3 Å². The molecule has 1 aromatic heterocycles. The molecule has 120 valence electrons. The second-order valence-corrected chi connectivity index (χ2v) is 7.06. The van der Waals surface area contributed by atoms with Crippen LogP contribution in [-0.4, -0.2) is 17.7 Å². The average Bonchev–Trinajstić information content (AvgIpc) is 2.52. The monoisotopic (exact) mass is 332 g/mol. The molecule has 1 N–H and O–H groups in total. The van der Waals surface area contributed by atoms with Crippen LogP contribution >= 0.6 is 11.6 Å². The number of nitrogens with one attached hydrogen (secondary N) is 1. The largest absolute Gasteiger partial charge is 0.316 e. The molecule has 5 heteroatoms. The van der Waals surface area contributed by atoms with Crippen molar-refractivity contribution in [2.24, 2.45) is 5.92 Å². The summed E-state index contributed by atoms with van der Waals surface area (Å²) in [6.45, 7) is 4.35. The summed E-state index contributed by atoms with van der Waals surface area (Å²) in [6, 6.07) is 6.71. The number of halogens is 2. The molecule has 0 saturated carbocycles. The lowest BCUT2D eigenvalue weighted by atomic mass is 9.83. The van der Waals surface area contributed by atoms with Crippen LogP contribution in [-0.2, 0) is 6.54 Å². The second kappa shape index (κ2) is 5.46. The van der Waals surface area contributed by atoms with E-state index < -0.39 is 0 Å². The van der Waals surface area contributed by atoms with Crippen molar-refractivity contribution in [1.82, 2.24) is 9.88 Å². The van der Waals surface area contributed by atoms with Crippen LogP contribution in [0.1, 0.15) is 23.6 Å². The van der Waals surface area contributed by atoms with E-state index in [0.717, 1.165) is 42.9 Å². The Labute approximate surface area is 139 Å². The standard InChI is InChI=1S/C18H18ClFN2O/c1-10-2-14(15(19)6-16(10)20)12-4-17-13-3-11(7-21-8-13)9-22(17)18(23)5-12/h2,4-6,11,13,21H,3,7-9H2,1H3/t11-,13+/m0/s1. The Kier molecular flexibility index (Phi) is 3.54. The fourth-order valence-corrected chi connectivity index (χ4v) is 4.10. The molecule has 1 saturated heterocycles. The number of hydrogen-bond donors (Lipinski definition) is 1. The third kappa shape index (κ3) is 2.50. The molecule has 0 amide bonds. The zero-order chi connectivity index (χ0) is 16.1. The first-order chi connectivity index (χ1) is 11.0. The van der Waals surface area contributed by atoms with Crippen molar-refractivity contribution in [3.63, 3.8) is 0 Å². The van der Waals surface area contributed by atoms with Crippen LogP contribution in [0.5, 0.6) is 0 Å². The van der Waals surface area contributed by atoms with Gasteiger partial charge >= 0.3 is 0 Å². The molecule has 2 aromatic rings. The van der Waals surface area contributed by atoms with Gasteiger partial charge in [0.05, 0.1) is 5.02 Å². The molecule has 1 fully saturated rings. The van der Waals surface area contributed by atoms with E-state index in [1.165, 1.54) is 6.07 Å². The lowest BCUT2D eigenvalue weighted by Gasteiger charge is -2.37. The number of rotatable bonds is 1. The van der Waals surface area contributed by atoms with Gasteiger partial charge in [-0.15, -0.1) is 0 Å². The number of nitrogens with zero attached hydrogens (tertiary/aromatic N) is 1.